The molecule has 0 aromatic heterocycles. The zero-order chi connectivity index (χ0) is 21.4. The highest BCUT2D eigenvalue weighted by Crippen LogP contribution is 2.55. The molecule has 0 aliphatic heterocycles. The average Bonchev–Trinajstić information content (AvgIpc) is 3.15. The second kappa shape index (κ2) is 7.59. The molecular weight excluding hydrogens is 374 g/mol. The quantitative estimate of drug-likeness (QED) is 0.340. The third-order valence-corrected chi connectivity index (χ3v) is 6.78. The molecule has 0 saturated heterocycles. The van der Waals surface area contributed by atoms with Gasteiger partial charge in [-0.25, -0.2) is 0 Å². The third-order valence-electron chi connectivity index (χ3n) is 6.78. The smallest absolute Gasteiger partial charge is 0.0713 e. The van der Waals surface area contributed by atoms with E-state index in [0.717, 1.165) is 17.7 Å². The van der Waals surface area contributed by atoms with Crippen LogP contribution in [0.3, 0.4) is 0 Å². The van der Waals surface area contributed by atoms with Crippen molar-refractivity contribution >= 4 is 5.70 Å². The Morgan fingerprint density at radius 1 is 0.645 bits per heavy atom. The third kappa shape index (κ3) is 2.84. The maximum absolute atomic E-state index is 6.43. The summed E-state index contributed by atoms with van der Waals surface area (Å²) < 4.78 is 0. The Morgan fingerprint density at radius 2 is 1.13 bits per heavy atom. The lowest BCUT2D eigenvalue weighted by Crippen LogP contribution is -2.28. The first kappa shape index (κ1) is 19.4. The summed E-state index contributed by atoms with van der Waals surface area (Å²) in [6, 6.07) is 37.4. The minimum atomic E-state index is -0.342. The highest BCUT2D eigenvalue weighted by molar-refractivity contribution is 5.86. The van der Waals surface area contributed by atoms with E-state index in [-0.39, 0.29) is 5.41 Å². The molecular formula is C30H27N. The minimum absolute atomic E-state index is 0.342. The van der Waals surface area contributed by atoms with E-state index in [4.69, 9.17) is 5.73 Å². The SMILES string of the molecule is CC/C(C)=C(/N)c1ccc(C2(c3ccccc3)c3ccccc3-c3ccccc32)cc1. The lowest BCUT2D eigenvalue weighted by molar-refractivity contribution is 0.768. The Morgan fingerprint density at radius 3 is 1.68 bits per heavy atom. The van der Waals surface area contributed by atoms with Crippen molar-refractivity contribution < 1.29 is 0 Å². The number of fused-ring (bicyclic) bond motifs is 3. The molecule has 0 unspecified atom stereocenters. The van der Waals surface area contributed by atoms with E-state index in [1.807, 2.05) is 0 Å². The van der Waals surface area contributed by atoms with Gasteiger partial charge in [0.1, 0.15) is 0 Å². The summed E-state index contributed by atoms with van der Waals surface area (Å²) in [6.45, 7) is 4.26. The Bertz CT molecular complexity index is 1220. The van der Waals surface area contributed by atoms with E-state index in [2.05, 4.69) is 117 Å². The summed E-state index contributed by atoms with van der Waals surface area (Å²) in [4.78, 5) is 0. The van der Waals surface area contributed by atoms with Crippen LogP contribution in [-0.2, 0) is 5.41 Å². The number of benzene rings is 4. The highest BCUT2D eigenvalue weighted by Gasteiger charge is 2.45. The summed E-state index contributed by atoms with van der Waals surface area (Å²) in [5.74, 6) is 0. The van der Waals surface area contributed by atoms with Gasteiger partial charge in [-0.05, 0) is 52.3 Å². The fourth-order valence-corrected chi connectivity index (χ4v) is 5.05. The van der Waals surface area contributed by atoms with Crippen molar-refractivity contribution in [1.82, 2.24) is 0 Å². The molecule has 0 atom stereocenters. The zero-order valence-electron chi connectivity index (χ0n) is 18.1. The molecule has 31 heavy (non-hydrogen) atoms. The van der Waals surface area contributed by atoms with E-state index in [1.54, 1.807) is 0 Å². The topological polar surface area (TPSA) is 26.0 Å². The number of nitrogens with two attached hydrogens (primary N) is 1. The van der Waals surface area contributed by atoms with Gasteiger partial charge in [-0.2, -0.15) is 0 Å². The molecule has 0 saturated carbocycles. The van der Waals surface area contributed by atoms with Gasteiger partial charge < -0.3 is 5.73 Å². The van der Waals surface area contributed by atoms with Gasteiger partial charge in [-0.1, -0.05) is 116 Å². The van der Waals surface area contributed by atoms with E-state index < -0.39 is 0 Å². The molecule has 1 heteroatoms. The Labute approximate surface area is 184 Å². The average molecular weight is 402 g/mol. The van der Waals surface area contributed by atoms with Crippen molar-refractivity contribution in [2.45, 2.75) is 25.7 Å². The first-order chi connectivity index (χ1) is 15.2. The number of rotatable bonds is 4. The second-order valence-electron chi connectivity index (χ2n) is 8.33. The fraction of sp³-hybridized carbons (Fsp3) is 0.133. The van der Waals surface area contributed by atoms with Gasteiger partial charge in [0.2, 0.25) is 0 Å². The predicted octanol–water partition coefficient (Wildman–Crippen LogP) is 7.15. The van der Waals surface area contributed by atoms with Crippen LogP contribution in [0.5, 0.6) is 0 Å². The van der Waals surface area contributed by atoms with Gasteiger partial charge in [0.25, 0.3) is 0 Å². The van der Waals surface area contributed by atoms with Crippen LogP contribution in [0.15, 0.2) is 109 Å². The lowest BCUT2D eigenvalue weighted by atomic mass is 9.67. The van der Waals surface area contributed by atoms with Crippen LogP contribution in [0.4, 0.5) is 0 Å². The summed E-state index contributed by atoms with van der Waals surface area (Å²) in [7, 11) is 0. The summed E-state index contributed by atoms with van der Waals surface area (Å²) in [5, 5.41) is 0. The molecule has 5 rings (SSSR count). The second-order valence-corrected chi connectivity index (χ2v) is 8.33. The molecule has 0 spiro atoms. The molecule has 152 valence electrons. The zero-order valence-corrected chi connectivity index (χ0v) is 18.1. The molecule has 0 bridgehead atoms. The minimum Gasteiger partial charge on any atom is -0.398 e. The van der Waals surface area contributed by atoms with Crippen molar-refractivity contribution in [1.29, 1.82) is 0 Å². The molecule has 1 aliphatic carbocycles. The Balaban J connectivity index is 1.82. The number of hydrogen-bond acceptors (Lipinski definition) is 1. The molecule has 2 N–H and O–H groups in total. The standard InChI is InChI=1S/C30H27N/c1-3-21(2)29(31)22-17-19-24(20-18-22)30(23-11-5-4-6-12-23)27-15-9-7-13-25(27)26-14-8-10-16-28(26)30/h4-20H,3,31H2,1-2H3/b29-21+. The fourth-order valence-electron chi connectivity index (χ4n) is 5.05. The van der Waals surface area contributed by atoms with Gasteiger partial charge in [-0.3, -0.25) is 0 Å². The van der Waals surface area contributed by atoms with Crippen LogP contribution in [0.25, 0.3) is 16.8 Å². The van der Waals surface area contributed by atoms with Crippen molar-refractivity contribution in [3.63, 3.8) is 0 Å². The first-order valence-electron chi connectivity index (χ1n) is 11.0. The Kier molecular flexibility index (Phi) is 4.75. The molecule has 1 aliphatic rings. The highest BCUT2D eigenvalue weighted by atomic mass is 14.6. The van der Waals surface area contributed by atoms with Crippen molar-refractivity contribution in [3.05, 3.63) is 137 Å². The van der Waals surface area contributed by atoms with Crippen LogP contribution in [0, 0.1) is 0 Å². The normalized spacial score (nSPS) is 14.5. The lowest BCUT2D eigenvalue weighted by Gasteiger charge is -2.34. The van der Waals surface area contributed by atoms with Gasteiger partial charge >= 0.3 is 0 Å². The first-order valence-corrected chi connectivity index (χ1v) is 11.0. The predicted molar refractivity (Wildman–Crippen MR) is 131 cm³/mol. The molecule has 1 nitrogen and oxygen atoms in total. The number of allylic oxidation sites excluding steroid dienone is 1. The van der Waals surface area contributed by atoms with Crippen LogP contribution in [0.1, 0.15) is 48.1 Å². The summed E-state index contributed by atoms with van der Waals surface area (Å²) in [6.07, 6.45) is 0.961. The summed E-state index contributed by atoms with van der Waals surface area (Å²) >= 11 is 0. The van der Waals surface area contributed by atoms with Crippen molar-refractivity contribution in [3.8, 4) is 11.1 Å². The number of hydrogen-bond donors (Lipinski definition) is 1. The maximum atomic E-state index is 6.43. The largest absolute Gasteiger partial charge is 0.398 e. The van der Waals surface area contributed by atoms with E-state index in [9.17, 15) is 0 Å². The van der Waals surface area contributed by atoms with Crippen LogP contribution in [-0.4, -0.2) is 0 Å². The molecule has 0 heterocycles. The molecule has 0 fully saturated rings. The molecule has 4 aromatic carbocycles. The van der Waals surface area contributed by atoms with Gasteiger partial charge in [0.05, 0.1) is 5.41 Å². The monoisotopic (exact) mass is 401 g/mol. The maximum Gasteiger partial charge on any atom is 0.0713 e. The van der Waals surface area contributed by atoms with Crippen LogP contribution >= 0.6 is 0 Å². The van der Waals surface area contributed by atoms with E-state index in [0.29, 0.717) is 0 Å². The molecule has 0 radical (unpaired) electrons. The summed E-state index contributed by atoms with van der Waals surface area (Å²) in [5.41, 5.74) is 17.1. The Hall–Kier alpha value is -3.58. The molecule has 0 amide bonds. The van der Waals surface area contributed by atoms with Gasteiger partial charge in [0.15, 0.2) is 0 Å². The van der Waals surface area contributed by atoms with E-state index >= 15 is 0 Å². The van der Waals surface area contributed by atoms with Gasteiger partial charge in [-0.15, -0.1) is 0 Å². The van der Waals surface area contributed by atoms with Crippen molar-refractivity contribution in [2.75, 3.05) is 0 Å². The van der Waals surface area contributed by atoms with E-state index in [1.165, 1.54) is 39.0 Å². The van der Waals surface area contributed by atoms with Crippen molar-refractivity contribution in [2.24, 2.45) is 5.73 Å². The molecule has 4 aromatic rings. The van der Waals surface area contributed by atoms with Gasteiger partial charge in [0, 0.05) is 5.70 Å². The van der Waals surface area contributed by atoms with Crippen LogP contribution in [0.2, 0.25) is 0 Å². The van der Waals surface area contributed by atoms with Crippen LogP contribution < -0.4 is 5.73 Å².